The summed E-state index contributed by atoms with van der Waals surface area (Å²) in [5, 5.41) is 0.786. The molecule has 0 aliphatic heterocycles. The van der Waals surface area contributed by atoms with E-state index in [-0.39, 0.29) is 6.15 Å². The summed E-state index contributed by atoms with van der Waals surface area (Å²) in [6.07, 6.45) is -0.377. The quantitative estimate of drug-likeness (QED) is 0.690. The number of rotatable bonds is 4. The van der Waals surface area contributed by atoms with Crippen LogP contribution in [0.5, 0.6) is 0 Å². The zero-order valence-corrected chi connectivity index (χ0v) is 9.84. The third kappa shape index (κ3) is 4.16. The highest BCUT2D eigenvalue weighted by Gasteiger charge is 2.06. The second-order valence-electron chi connectivity index (χ2n) is 5.06. The van der Waals surface area contributed by atoms with Gasteiger partial charge in [0.25, 0.3) is 0 Å². The van der Waals surface area contributed by atoms with Crippen LogP contribution in [0.1, 0.15) is 5.56 Å². The molecule has 0 radical (unpaired) electrons. The molecule has 1 aromatic carbocycles. The molecule has 3 heteroatoms. The highest BCUT2D eigenvalue weighted by atomic mass is 35.5. The van der Waals surface area contributed by atoms with Gasteiger partial charge in [-0.15, -0.1) is 0 Å². The molecule has 1 nitrogen and oxygen atoms in total. The van der Waals surface area contributed by atoms with Gasteiger partial charge in [0.05, 0.1) is 6.61 Å². The Hall–Kier alpha value is -0.465. The van der Waals surface area contributed by atoms with Crippen LogP contribution in [-0.2, 0) is 11.3 Å². The Morgan fingerprint density at radius 2 is 1.86 bits per heavy atom. The predicted molar refractivity (Wildman–Crippen MR) is 64.5 cm³/mol. The first-order valence-electron chi connectivity index (χ1n) is 5.09. The van der Waals surface area contributed by atoms with Gasteiger partial charge in [-0.25, -0.2) is 0 Å². The third-order valence-corrected chi connectivity index (χ3v) is 2.20. The van der Waals surface area contributed by atoms with Crippen LogP contribution in [0, 0.1) is 0 Å². The normalized spacial score (nSPS) is 11.7. The molecule has 0 spiro atoms. The molecule has 0 bridgehead atoms. The van der Waals surface area contributed by atoms with Crippen LogP contribution in [-0.4, -0.2) is 12.7 Å². The molecule has 0 aromatic heterocycles. The zero-order valence-electron chi connectivity index (χ0n) is 9.09. The summed E-state index contributed by atoms with van der Waals surface area (Å²) >= 11 is 6.00. The monoisotopic (exact) mass is 211 g/mol. The average molecular weight is 212 g/mol. The van der Waals surface area contributed by atoms with Crippen molar-refractivity contribution in [2.45, 2.75) is 27.1 Å². The van der Waals surface area contributed by atoms with Crippen LogP contribution >= 0.6 is 11.6 Å². The van der Waals surface area contributed by atoms with Gasteiger partial charge < -0.3 is 4.74 Å². The van der Waals surface area contributed by atoms with Crippen LogP contribution in [0.15, 0.2) is 24.3 Å². The first-order valence-corrected chi connectivity index (χ1v) is 5.47. The Balaban J connectivity index is 2.43. The molecule has 78 valence electrons. The lowest BCUT2D eigenvalue weighted by atomic mass is 9.31. The molecule has 0 heterocycles. The van der Waals surface area contributed by atoms with Crippen LogP contribution in [0.25, 0.3) is 0 Å². The molecule has 0 aliphatic rings. The minimum atomic E-state index is -0.377. The summed E-state index contributed by atoms with van der Waals surface area (Å²) in [7, 11) is 0. The van der Waals surface area contributed by atoms with Crippen LogP contribution in [0.4, 0.5) is 0 Å². The van der Waals surface area contributed by atoms with E-state index in [0.29, 0.717) is 6.61 Å². The van der Waals surface area contributed by atoms with Crippen molar-refractivity contribution in [3.05, 3.63) is 34.9 Å². The second kappa shape index (κ2) is 4.85. The molecule has 0 atom stereocenters. The zero-order chi connectivity index (χ0) is 10.6. The smallest absolute Gasteiger partial charge is 0.0687 e. The Kier molecular flexibility index (Phi) is 4.03. The van der Waals surface area contributed by atoms with Gasteiger partial charge in [-0.3, -0.25) is 0 Å². The lowest BCUT2D eigenvalue weighted by molar-refractivity contribution is 0.159. The Morgan fingerprint density at radius 3 is 2.43 bits per heavy atom. The Labute approximate surface area is 91.3 Å². The lowest BCUT2D eigenvalue weighted by Crippen LogP contribution is -2.27. The number of hydrogen-bond donors (Lipinski definition) is 0. The van der Waals surface area contributed by atoms with Crippen molar-refractivity contribution >= 4 is 17.7 Å². The van der Waals surface area contributed by atoms with E-state index in [1.807, 2.05) is 24.3 Å². The van der Waals surface area contributed by atoms with Gasteiger partial charge in [-0.2, -0.15) is 20.5 Å². The molecule has 1 aromatic rings. The summed E-state index contributed by atoms with van der Waals surface area (Å²) in [4.78, 5) is 0. The summed E-state index contributed by atoms with van der Waals surface area (Å²) in [5.74, 6) is 0. The highest BCUT2D eigenvalue weighted by Crippen LogP contribution is 2.16. The molecule has 0 aliphatic carbocycles. The van der Waals surface area contributed by atoms with Crippen molar-refractivity contribution in [3.63, 3.8) is 0 Å². The molecular formula is C11H17BClO-. The topological polar surface area (TPSA) is 9.23 Å². The first-order chi connectivity index (χ1) is 6.49. The van der Waals surface area contributed by atoms with E-state index < -0.39 is 0 Å². The molecule has 14 heavy (non-hydrogen) atoms. The summed E-state index contributed by atoms with van der Waals surface area (Å²) in [6, 6.07) is 7.80. The van der Waals surface area contributed by atoms with E-state index in [2.05, 4.69) is 20.5 Å². The van der Waals surface area contributed by atoms with Crippen LogP contribution in [0.3, 0.4) is 0 Å². The molecule has 0 N–H and O–H groups in total. The SMILES string of the molecule is C[B-](C)(C)COCc1ccccc1Cl. The molecule has 0 amide bonds. The highest BCUT2D eigenvalue weighted by molar-refractivity contribution is 6.76. The molecule has 0 saturated heterocycles. The van der Waals surface area contributed by atoms with E-state index >= 15 is 0 Å². The van der Waals surface area contributed by atoms with E-state index in [1.54, 1.807) is 0 Å². The van der Waals surface area contributed by atoms with Gasteiger partial charge in [0.2, 0.25) is 0 Å². The minimum absolute atomic E-state index is 0.377. The second-order valence-corrected chi connectivity index (χ2v) is 5.47. The van der Waals surface area contributed by atoms with E-state index in [4.69, 9.17) is 16.3 Å². The largest absolute Gasteiger partial charge is 0.414 e. The average Bonchev–Trinajstić information content (AvgIpc) is 2.06. The maximum absolute atomic E-state index is 6.00. The Bertz CT molecular complexity index is 294. The molecule has 1 rings (SSSR count). The first kappa shape index (κ1) is 11.6. The van der Waals surface area contributed by atoms with Gasteiger partial charge in [-0.1, -0.05) is 36.3 Å². The van der Waals surface area contributed by atoms with Crippen LogP contribution in [0.2, 0.25) is 25.5 Å². The molecular weight excluding hydrogens is 194 g/mol. The number of hydrogen-bond acceptors (Lipinski definition) is 1. The third-order valence-electron chi connectivity index (χ3n) is 1.83. The number of benzene rings is 1. The minimum Gasteiger partial charge on any atom is -0.414 e. The molecule has 0 unspecified atom stereocenters. The van der Waals surface area contributed by atoms with Crippen molar-refractivity contribution in [1.29, 1.82) is 0 Å². The predicted octanol–water partition coefficient (Wildman–Crippen LogP) is 3.73. The Morgan fingerprint density at radius 1 is 1.21 bits per heavy atom. The van der Waals surface area contributed by atoms with Crippen molar-refractivity contribution in [3.8, 4) is 0 Å². The standard InChI is InChI=1S/C11H17BClO/c1-12(2,3)9-14-8-10-6-4-5-7-11(10)13/h4-7H,8-9H2,1-3H3/q-1. The maximum atomic E-state index is 6.00. The summed E-state index contributed by atoms with van der Waals surface area (Å²) in [6.45, 7) is 8.07. The fraction of sp³-hybridized carbons (Fsp3) is 0.455. The van der Waals surface area contributed by atoms with Gasteiger partial charge >= 0.3 is 0 Å². The number of ether oxygens (including phenoxy) is 1. The van der Waals surface area contributed by atoms with Crippen molar-refractivity contribution in [1.82, 2.24) is 0 Å². The summed E-state index contributed by atoms with van der Waals surface area (Å²) < 4.78 is 5.61. The van der Waals surface area contributed by atoms with Gasteiger partial charge in [0.1, 0.15) is 0 Å². The lowest BCUT2D eigenvalue weighted by Gasteiger charge is -2.23. The molecule has 0 saturated carbocycles. The fourth-order valence-electron chi connectivity index (χ4n) is 1.14. The van der Waals surface area contributed by atoms with E-state index in [0.717, 1.165) is 17.1 Å². The maximum Gasteiger partial charge on any atom is 0.0687 e. The van der Waals surface area contributed by atoms with Gasteiger partial charge in [-0.05, 0) is 11.6 Å². The van der Waals surface area contributed by atoms with E-state index in [1.165, 1.54) is 0 Å². The van der Waals surface area contributed by atoms with E-state index in [9.17, 15) is 0 Å². The number of halogens is 1. The molecule has 0 fully saturated rings. The van der Waals surface area contributed by atoms with Gasteiger partial charge in [0.15, 0.2) is 0 Å². The van der Waals surface area contributed by atoms with Crippen molar-refractivity contribution in [2.75, 3.05) is 6.51 Å². The van der Waals surface area contributed by atoms with Crippen LogP contribution < -0.4 is 0 Å². The summed E-state index contributed by atoms with van der Waals surface area (Å²) in [5.41, 5.74) is 1.06. The van der Waals surface area contributed by atoms with Gasteiger partial charge in [0, 0.05) is 11.2 Å². The van der Waals surface area contributed by atoms with Crippen molar-refractivity contribution < 1.29 is 4.74 Å². The fourth-order valence-corrected chi connectivity index (χ4v) is 1.33. The van der Waals surface area contributed by atoms with Crippen molar-refractivity contribution in [2.24, 2.45) is 0 Å².